The Morgan fingerprint density at radius 1 is 1.26 bits per heavy atom. The number of thiophene rings is 1. The van der Waals surface area contributed by atoms with E-state index < -0.39 is 5.97 Å². The van der Waals surface area contributed by atoms with Gasteiger partial charge in [0.1, 0.15) is 12.4 Å². The van der Waals surface area contributed by atoms with Crippen LogP contribution in [0.15, 0.2) is 35.2 Å². The van der Waals surface area contributed by atoms with E-state index in [9.17, 15) is 9.90 Å². The number of likely N-dealkylation sites (tertiary alicyclic amines) is 1. The third-order valence-electron chi connectivity index (χ3n) is 5.38. The minimum Gasteiger partial charge on any atom is -0.488 e. The summed E-state index contributed by atoms with van der Waals surface area (Å²) >= 11 is 1.77. The molecule has 1 aromatic carbocycles. The van der Waals surface area contributed by atoms with Crippen LogP contribution in [-0.2, 0) is 17.8 Å². The highest BCUT2D eigenvalue weighted by Gasteiger charge is 2.26. The fraction of sp³-hybridized carbons (Fsp3) is 0.409. The summed E-state index contributed by atoms with van der Waals surface area (Å²) in [5.41, 5.74) is 5.89. The van der Waals surface area contributed by atoms with Gasteiger partial charge in [-0.3, -0.25) is 4.79 Å². The summed E-state index contributed by atoms with van der Waals surface area (Å²) in [4.78, 5) is 15.0. The van der Waals surface area contributed by atoms with Gasteiger partial charge in [-0.1, -0.05) is 18.6 Å². The summed E-state index contributed by atoms with van der Waals surface area (Å²) in [5.74, 6) is 0.0643. The van der Waals surface area contributed by atoms with E-state index in [1.807, 2.05) is 18.2 Å². The largest absolute Gasteiger partial charge is 0.488 e. The summed E-state index contributed by atoms with van der Waals surface area (Å²) in [6.45, 7) is 6.16. The Kier molecular flexibility index (Phi) is 5.32. The molecule has 27 heavy (non-hydrogen) atoms. The van der Waals surface area contributed by atoms with Crippen LogP contribution in [0.3, 0.4) is 0 Å². The number of carbonyl (C=O) groups is 1. The third-order valence-corrected chi connectivity index (χ3v) is 6.35. The number of carboxylic acid groups (broad SMARTS) is 1. The Labute approximate surface area is 164 Å². The lowest BCUT2D eigenvalue weighted by atomic mass is 9.89. The molecule has 0 unspecified atom stereocenters. The first kappa shape index (κ1) is 18.3. The number of piperidine rings is 1. The Bertz CT molecular complexity index is 873. The lowest BCUT2D eigenvalue weighted by Crippen LogP contribution is -2.31. The molecular formula is C22H25NO3S. The molecule has 0 aliphatic carbocycles. The molecule has 4 rings (SSSR count). The topological polar surface area (TPSA) is 49.8 Å². The Morgan fingerprint density at radius 3 is 2.81 bits per heavy atom. The molecule has 3 heterocycles. The first-order chi connectivity index (χ1) is 13.2. The molecule has 0 bridgehead atoms. The molecule has 2 aliphatic rings. The zero-order chi connectivity index (χ0) is 18.8. The first-order valence-electron chi connectivity index (χ1n) is 9.64. The zero-order valence-electron chi connectivity index (χ0n) is 15.7. The number of fused-ring (bicyclic) bond motifs is 2. The maximum atomic E-state index is 11.2. The van der Waals surface area contributed by atoms with Gasteiger partial charge in [0, 0.05) is 34.7 Å². The summed E-state index contributed by atoms with van der Waals surface area (Å²) < 4.78 is 6.09. The number of hydrogen-bond donors (Lipinski definition) is 1. The lowest BCUT2D eigenvalue weighted by molar-refractivity contribution is -0.136. The van der Waals surface area contributed by atoms with Gasteiger partial charge in [-0.05, 0) is 54.9 Å². The quantitative estimate of drug-likeness (QED) is 0.840. The molecule has 142 valence electrons. The molecule has 1 saturated heterocycles. The second-order valence-electron chi connectivity index (χ2n) is 7.28. The molecule has 2 aromatic rings. The maximum Gasteiger partial charge on any atom is 0.307 e. The van der Waals surface area contributed by atoms with E-state index in [0.717, 1.165) is 49.4 Å². The predicted octanol–water partition coefficient (Wildman–Crippen LogP) is 4.58. The van der Waals surface area contributed by atoms with Crippen molar-refractivity contribution in [1.82, 2.24) is 4.90 Å². The molecule has 2 aliphatic heterocycles. The maximum absolute atomic E-state index is 11.2. The minimum atomic E-state index is -0.802. The van der Waals surface area contributed by atoms with Crippen molar-refractivity contribution in [3.05, 3.63) is 56.8 Å². The molecule has 0 spiro atoms. The second-order valence-corrected chi connectivity index (χ2v) is 8.20. The van der Waals surface area contributed by atoms with Crippen LogP contribution >= 0.6 is 11.3 Å². The average molecular weight is 384 g/mol. The fourth-order valence-electron chi connectivity index (χ4n) is 4.09. The van der Waals surface area contributed by atoms with E-state index >= 15 is 0 Å². The Balaban J connectivity index is 1.79. The van der Waals surface area contributed by atoms with Crippen LogP contribution in [0.5, 0.6) is 5.75 Å². The van der Waals surface area contributed by atoms with Crippen molar-refractivity contribution < 1.29 is 14.6 Å². The second kappa shape index (κ2) is 7.87. The molecule has 4 nitrogen and oxygen atoms in total. The zero-order valence-corrected chi connectivity index (χ0v) is 16.5. The lowest BCUT2D eigenvalue weighted by Gasteiger charge is -2.29. The van der Waals surface area contributed by atoms with Gasteiger partial charge in [-0.2, -0.15) is 0 Å². The highest BCUT2D eigenvalue weighted by Crippen LogP contribution is 2.43. The van der Waals surface area contributed by atoms with Crippen LogP contribution in [-0.4, -0.2) is 35.6 Å². The number of carboxylic acids is 1. The summed E-state index contributed by atoms with van der Waals surface area (Å²) in [6.07, 6.45) is 3.36. The van der Waals surface area contributed by atoms with E-state index in [2.05, 4.69) is 23.3 Å². The molecule has 1 aromatic heterocycles. The van der Waals surface area contributed by atoms with Crippen molar-refractivity contribution in [2.75, 3.05) is 19.6 Å². The number of benzene rings is 1. The first-order valence-corrected chi connectivity index (χ1v) is 10.5. The number of nitrogens with zero attached hydrogens (tertiary/aromatic N) is 1. The number of ether oxygens (including phenoxy) is 1. The third kappa shape index (κ3) is 3.80. The van der Waals surface area contributed by atoms with Crippen LogP contribution in [0.4, 0.5) is 0 Å². The molecule has 1 fully saturated rings. The van der Waals surface area contributed by atoms with Gasteiger partial charge in [0.25, 0.3) is 0 Å². The van der Waals surface area contributed by atoms with Crippen LogP contribution < -0.4 is 4.74 Å². The van der Waals surface area contributed by atoms with Gasteiger partial charge in [-0.25, -0.2) is 0 Å². The van der Waals surface area contributed by atoms with Gasteiger partial charge in [-0.15, -0.1) is 11.3 Å². The Hall–Kier alpha value is -2.11. The van der Waals surface area contributed by atoms with Crippen LogP contribution in [0.2, 0.25) is 0 Å². The number of rotatable bonds is 4. The Morgan fingerprint density at radius 2 is 2.07 bits per heavy atom. The predicted molar refractivity (Wildman–Crippen MR) is 108 cm³/mol. The molecule has 5 heteroatoms. The smallest absolute Gasteiger partial charge is 0.307 e. The summed E-state index contributed by atoms with van der Waals surface area (Å²) in [5, 5.41) is 11.3. The van der Waals surface area contributed by atoms with Gasteiger partial charge in [0.2, 0.25) is 0 Å². The molecule has 0 atom stereocenters. The van der Waals surface area contributed by atoms with Crippen molar-refractivity contribution in [3.8, 4) is 5.75 Å². The van der Waals surface area contributed by atoms with E-state index in [4.69, 9.17) is 4.74 Å². The molecule has 0 radical (unpaired) electrons. The van der Waals surface area contributed by atoms with E-state index in [1.165, 1.54) is 28.0 Å². The molecular weight excluding hydrogens is 358 g/mol. The monoisotopic (exact) mass is 383 g/mol. The van der Waals surface area contributed by atoms with Crippen LogP contribution in [0.1, 0.15) is 47.8 Å². The van der Waals surface area contributed by atoms with Gasteiger partial charge in [0.05, 0.1) is 6.42 Å². The van der Waals surface area contributed by atoms with Gasteiger partial charge in [0.15, 0.2) is 0 Å². The van der Waals surface area contributed by atoms with E-state index in [0.29, 0.717) is 6.61 Å². The van der Waals surface area contributed by atoms with E-state index in [1.54, 1.807) is 11.3 Å². The summed E-state index contributed by atoms with van der Waals surface area (Å²) in [7, 11) is 0. The van der Waals surface area contributed by atoms with Gasteiger partial charge < -0.3 is 14.7 Å². The highest BCUT2D eigenvalue weighted by atomic mass is 32.1. The average Bonchev–Trinajstić information content (AvgIpc) is 3.05. The minimum absolute atomic E-state index is 0.0392. The SMILES string of the molecule is CCCN1CCC(=C2c3cc(CC(=O)O)ccc3OCc3ccsc32)CC1. The van der Waals surface area contributed by atoms with Crippen LogP contribution in [0, 0.1) is 0 Å². The molecule has 0 amide bonds. The molecule has 0 saturated carbocycles. The normalized spacial score (nSPS) is 17.1. The van der Waals surface area contributed by atoms with Crippen molar-refractivity contribution in [1.29, 1.82) is 0 Å². The van der Waals surface area contributed by atoms with Crippen molar-refractivity contribution in [2.45, 2.75) is 39.2 Å². The number of aliphatic carboxylic acids is 1. The number of hydrogen-bond acceptors (Lipinski definition) is 4. The highest BCUT2D eigenvalue weighted by molar-refractivity contribution is 7.11. The van der Waals surface area contributed by atoms with E-state index in [-0.39, 0.29) is 6.42 Å². The molecule has 1 N–H and O–H groups in total. The van der Waals surface area contributed by atoms with Crippen LogP contribution in [0.25, 0.3) is 5.57 Å². The van der Waals surface area contributed by atoms with Gasteiger partial charge >= 0.3 is 5.97 Å². The standard InChI is InChI=1S/C22H25NO3S/c1-2-8-23-9-5-16(6-10-23)21-18-12-15(13-20(24)25)3-4-19(18)26-14-17-7-11-27-22(17)21/h3-4,7,11-12H,2,5-6,8-10,13-14H2,1H3,(H,24,25). The summed E-state index contributed by atoms with van der Waals surface area (Å²) in [6, 6.07) is 7.99. The van der Waals surface area contributed by atoms with Crippen molar-refractivity contribution >= 4 is 22.9 Å². The van der Waals surface area contributed by atoms with Crippen molar-refractivity contribution in [2.24, 2.45) is 0 Å². The van der Waals surface area contributed by atoms with Crippen molar-refractivity contribution in [3.63, 3.8) is 0 Å². The fourth-order valence-corrected chi connectivity index (χ4v) is 5.11.